The van der Waals surface area contributed by atoms with E-state index in [1.54, 1.807) is 0 Å². The van der Waals surface area contributed by atoms with Gasteiger partial charge in [0, 0.05) is 22.6 Å². The molecule has 3 heteroatoms. The van der Waals surface area contributed by atoms with E-state index in [9.17, 15) is 0 Å². The molecule has 0 amide bonds. The number of hydrogen-bond acceptors (Lipinski definition) is 2. The van der Waals surface area contributed by atoms with Crippen molar-refractivity contribution in [2.45, 2.75) is 32.8 Å². The van der Waals surface area contributed by atoms with Crippen molar-refractivity contribution in [2.75, 3.05) is 13.1 Å². The quantitative estimate of drug-likeness (QED) is 0.624. The van der Waals surface area contributed by atoms with Crippen molar-refractivity contribution in [2.24, 2.45) is 0 Å². The Hall–Kier alpha value is 0.350. The molecule has 0 radical (unpaired) electrons. The smallest absolute Gasteiger partial charge is 0.0859 e. The fourth-order valence-corrected chi connectivity index (χ4v) is 0.551. The van der Waals surface area contributed by atoms with Gasteiger partial charge >= 0.3 is 0 Å². The van der Waals surface area contributed by atoms with Gasteiger partial charge in [-0.3, -0.25) is 0 Å². The molecule has 62 valence electrons. The lowest BCUT2D eigenvalue weighted by Gasteiger charge is -2.24. The summed E-state index contributed by atoms with van der Waals surface area (Å²) in [7, 11) is 2.25. The van der Waals surface area contributed by atoms with Gasteiger partial charge in [-0.2, -0.15) is 0 Å². The van der Waals surface area contributed by atoms with Crippen LogP contribution in [0.2, 0.25) is 0 Å². The van der Waals surface area contributed by atoms with Crippen molar-refractivity contribution in [1.82, 2.24) is 5.32 Å². The minimum Gasteiger partial charge on any atom is -0.360 e. The Balaban J connectivity index is 0.000000180. The van der Waals surface area contributed by atoms with E-state index in [4.69, 9.17) is 4.52 Å². The van der Waals surface area contributed by atoms with E-state index in [-0.39, 0.29) is 0 Å². The zero-order valence-corrected chi connectivity index (χ0v) is 8.05. The Morgan fingerprint density at radius 2 is 1.90 bits per heavy atom. The number of nitrogens with one attached hydrogen (secondary N) is 1. The van der Waals surface area contributed by atoms with Crippen LogP contribution in [-0.4, -0.2) is 19.2 Å². The van der Waals surface area contributed by atoms with Crippen LogP contribution in [0.15, 0.2) is 0 Å². The zero-order valence-electron chi connectivity index (χ0n) is 6.89. The van der Waals surface area contributed by atoms with Gasteiger partial charge in [0.05, 0.1) is 6.10 Å². The molecule has 1 fully saturated rings. The lowest BCUT2D eigenvalue weighted by Crippen LogP contribution is -2.46. The molecule has 0 bridgehead atoms. The van der Waals surface area contributed by atoms with Gasteiger partial charge in [0.15, 0.2) is 0 Å². The molecular formula is C7H18NOP. The molecule has 0 aromatic rings. The van der Waals surface area contributed by atoms with E-state index >= 15 is 0 Å². The van der Waals surface area contributed by atoms with Crippen LogP contribution >= 0.6 is 9.47 Å². The van der Waals surface area contributed by atoms with Crippen molar-refractivity contribution in [3.05, 3.63) is 0 Å². The summed E-state index contributed by atoms with van der Waals surface area (Å²) in [4.78, 5) is 0. The molecule has 0 aromatic heterocycles. The van der Waals surface area contributed by atoms with Crippen LogP contribution in [0.3, 0.4) is 0 Å². The van der Waals surface area contributed by atoms with E-state index in [1.807, 2.05) is 0 Å². The fourth-order valence-electron chi connectivity index (χ4n) is 0.358. The second kappa shape index (κ2) is 7.46. The molecule has 0 aliphatic carbocycles. The summed E-state index contributed by atoms with van der Waals surface area (Å²) in [6.45, 7) is 6.40. The summed E-state index contributed by atoms with van der Waals surface area (Å²) in [6.07, 6.45) is 3.11. The van der Waals surface area contributed by atoms with Crippen LogP contribution in [0.25, 0.3) is 0 Å². The first-order chi connectivity index (χ1) is 4.85. The second-order valence-corrected chi connectivity index (χ2v) is 2.69. The summed E-state index contributed by atoms with van der Waals surface area (Å²) in [5.41, 5.74) is 0. The lowest BCUT2D eigenvalue weighted by atomic mass is 10.2. The molecule has 2 nitrogen and oxygen atoms in total. The Labute approximate surface area is 66.0 Å². The summed E-state index contributed by atoms with van der Waals surface area (Å²) in [5.74, 6) is 0. The first kappa shape index (κ1) is 10.3. The normalized spacial score (nSPS) is 17.1. The van der Waals surface area contributed by atoms with Crippen molar-refractivity contribution in [3.8, 4) is 0 Å². The van der Waals surface area contributed by atoms with E-state index in [0.29, 0.717) is 6.10 Å². The van der Waals surface area contributed by atoms with Gasteiger partial charge in [-0.05, 0) is 0 Å². The average molecular weight is 163 g/mol. The monoisotopic (exact) mass is 163 g/mol. The highest BCUT2D eigenvalue weighted by Crippen LogP contribution is 2.00. The maximum absolute atomic E-state index is 4.84. The van der Waals surface area contributed by atoms with Crippen molar-refractivity contribution < 1.29 is 4.52 Å². The molecule has 1 unspecified atom stereocenters. The maximum atomic E-state index is 4.84. The summed E-state index contributed by atoms with van der Waals surface area (Å²) in [6, 6.07) is 0. The fraction of sp³-hybridized carbons (Fsp3) is 1.00. The number of rotatable bonds is 2. The predicted molar refractivity (Wildman–Crippen MR) is 48.0 cm³/mol. The van der Waals surface area contributed by atoms with Crippen LogP contribution in [0.1, 0.15) is 26.7 Å². The first-order valence-corrected chi connectivity index (χ1v) is 4.38. The van der Waals surface area contributed by atoms with Gasteiger partial charge in [-0.25, -0.2) is 0 Å². The largest absolute Gasteiger partial charge is 0.360 e. The second-order valence-electron chi connectivity index (χ2n) is 2.42. The van der Waals surface area contributed by atoms with Gasteiger partial charge in [-0.1, -0.05) is 26.7 Å². The highest BCUT2D eigenvalue weighted by atomic mass is 31.0. The van der Waals surface area contributed by atoms with Crippen LogP contribution in [0, 0.1) is 0 Å². The van der Waals surface area contributed by atoms with E-state index in [2.05, 4.69) is 28.6 Å². The van der Waals surface area contributed by atoms with Crippen LogP contribution in [0.4, 0.5) is 0 Å². The van der Waals surface area contributed by atoms with E-state index in [0.717, 1.165) is 13.1 Å². The SMILES string of the molecule is CCCC.POC1CNC1. The number of unbranched alkanes of at least 4 members (excludes halogenated alkanes) is 1. The minimum absolute atomic E-state index is 0.468. The molecular weight excluding hydrogens is 145 g/mol. The molecule has 1 N–H and O–H groups in total. The Kier molecular flexibility index (Phi) is 7.72. The Morgan fingerprint density at radius 1 is 1.40 bits per heavy atom. The van der Waals surface area contributed by atoms with Gasteiger partial charge in [0.2, 0.25) is 0 Å². The Morgan fingerprint density at radius 3 is 1.90 bits per heavy atom. The summed E-state index contributed by atoms with van der Waals surface area (Å²) < 4.78 is 4.84. The molecule has 1 rings (SSSR count). The summed E-state index contributed by atoms with van der Waals surface area (Å²) in [5, 5.41) is 3.07. The zero-order chi connectivity index (χ0) is 7.82. The van der Waals surface area contributed by atoms with Crippen LogP contribution < -0.4 is 5.32 Å². The third-order valence-electron chi connectivity index (χ3n) is 1.44. The molecule has 1 aliphatic heterocycles. The standard InChI is InChI=1S/C4H10.C3H8NOP/c1-3-4-2;6-5-3-1-4-2-3/h3-4H2,1-2H3;3-4H,1-2,6H2. The third kappa shape index (κ3) is 5.16. The van der Waals surface area contributed by atoms with Gasteiger partial charge in [-0.15, -0.1) is 0 Å². The van der Waals surface area contributed by atoms with Crippen molar-refractivity contribution in [1.29, 1.82) is 0 Å². The van der Waals surface area contributed by atoms with Crippen LogP contribution in [0.5, 0.6) is 0 Å². The first-order valence-electron chi connectivity index (χ1n) is 3.91. The molecule has 1 aliphatic rings. The predicted octanol–water partition coefficient (Wildman–Crippen LogP) is 1.57. The summed E-state index contributed by atoms with van der Waals surface area (Å²) >= 11 is 0. The van der Waals surface area contributed by atoms with Gasteiger partial charge in [0.1, 0.15) is 0 Å². The highest BCUT2D eigenvalue weighted by molar-refractivity contribution is 7.09. The molecule has 10 heavy (non-hydrogen) atoms. The molecule has 1 heterocycles. The highest BCUT2D eigenvalue weighted by Gasteiger charge is 2.13. The average Bonchev–Trinajstić information content (AvgIpc) is 1.87. The molecule has 0 saturated carbocycles. The van der Waals surface area contributed by atoms with E-state index < -0.39 is 0 Å². The Bertz CT molecular complexity index is 61.9. The lowest BCUT2D eigenvalue weighted by molar-refractivity contribution is 0.170. The van der Waals surface area contributed by atoms with Gasteiger partial charge < -0.3 is 9.84 Å². The molecule has 0 aromatic carbocycles. The maximum Gasteiger partial charge on any atom is 0.0859 e. The van der Waals surface area contributed by atoms with Gasteiger partial charge in [0.25, 0.3) is 0 Å². The molecule has 0 spiro atoms. The van der Waals surface area contributed by atoms with Crippen molar-refractivity contribution in [3.63, 3.8) is 0 Å². The molecule has 1 saturated heterocycles. The van der Waals surface area contributed by atoms with E-state index in [1.165, 1.54) is 12.8 Å². The molecule has 1 atom stereocenters. The topological polar surface area (TPSA) is 21.3 Å². The number of hydrogen-bond donors (Lipinski definition) is 1. The third-order valence-corrected chi connectivity index (χ3v) is 1.82. The minimum atomic E-state index is 0.468. The van der Waals surface area contributed by atoms with Crippen LogP contribution in [-0.2, 0) is 4.52 Å². The van der Waals surface area contributed by atoms with Crippen molar-refractivity contribution >= 4 is 9.47 Å².